The van der Waals surface area contributed by atoms with E-state index in [0.29, 0.717) is 11.8 Å². The van der Waals surface area contributed by atoms with Gasteiger partial charge in [-0.25, -0.2) is 4.39 Å². The summed E-state index contributed by atoms with van der Waals surface area (Å²) in [5, 5.41) is 12.1. The van der Waals surface area contributed by atoms with Crippen molar-refractivity contribution in [3.8, 4) is 6.07 Å². The van der Waals surface area contributed by atoms with Crippen LogP contribution >= 0.6 is 0 Å². The maximum absolute atomic E-state index is 15.1. The molecule has 0 saturated heterocycles. The van der Waals surface area contributed by atoms with Crippen molar-refractivity contribution in [3.05, 3.63) is 35.4 Å². The number of benzene rings is 1. The number of hydrogen-bond donors (Lipinski definition) is 1. The molecule has 0 radical (unpaired) electrons. The Morgan fingerprint density at radius 1 is 1.30 bits per heavy atom. The van der Waals surface area contributed by atoms with Gasteiger partial charge in [0.05, 0.1) is 0 Å². The van der Waals surface area contributed by atoms with E-state index in [-0.39, 0.29) is 11.6 Å². The lowest BCUT2D eigenvalue weighted by Crippen LogP contribution is -2.50. The molecule has 4 heteroatoms. The molecule has 0 aromatic heterocycles. The molecule has 23 heavy (non-hydrogen) atoms. The Balaban J connectivity index is 2.19. The molecule has 0 bridgehead atoms. The van der Waals surface area contributed by atoms with E-state index in [1.807, 2.05) is 6.92 Å². The molecule has 124 valence electrons. The third-order valence-electron chi connectivity index (χ3n) is 4.91. The molecule has 0 spiro atoms. The number of nitrogens with zero attached hydrogens (tertiary/aromatic N) is 1. The van der Waals surface area contributed by atoms with Gasteiger partial charge in [-0.2, -0.15) is 5.26 Å². The molecule has 3 nitrogen and oxygen atoms in total. The van der Waals surface area contributed by atoms with Crippen LogP contribution in [0.2, 0.25) is 0 Å². The van der Waals surface area contributed by atoms with E-state index in [2.05, 4.69) is 19.2 Å². The zero-order valence-electron chi connectivity index (χ0n) is 14.1. The predicted octanol–water partition coefficient (Wildman–Crippen LogP) is 4.01. The maximum Gasteiger partial charge on any atom is 0.298 e. The summed E-state index contributed by atoms with van der Waals surface area (Å²) < 4.78 is 15.1. The third-order valence-corrected chi connectivity index (χ3v) is 4.91. The summed E-state index contributed by atoms with van der Waals surface area (Å²) in [6, 6.07) is 7.97. The fourth-order valence-corrected chi connectivity index (χ4v) is 3.43. The lowest BCUT2D eigenvalue weighted by molar-refractivity contribution is -0.131. The quantitative estimate of drug-likeness (QED) is 0.912. The molecular formula is C19H25FN2O. The van der Waals surface area contributed by atoms with Gasteiger partial charge in [0.25, 0.3) is 11.6 Å². The minimum atomic E-state index is -2.63. The zero-order valence-corrected chi connectivity index (χ0v) is 14.1. The second kappa shape index (κ2) is 7.12. The van der Waals surface area contributed by atoms with Gasteiger partial charge in [-0.05, 0) is 31.6 Å². The predicted molar refractivity (Wildman–Crippen MR) is 88.3 cm³/mol. The van der Waals surface area contributed by atoms with Crippen LogP contribution in [0.5, 0.6) is 0 Å². The number of carbonyl (C=O) groups excluding carboxylic acids is 1. The van der Waals surface area contributed by atoms with E-state index in [1.165, 1.54) is 12.1 Å². The molecule has 0 unspecified atom stereocenters. The van der Waals surface area contributed by atoms with Crippen LogP contribution in [0.15, 0.2) is 24.3 Å². The van der Waals surface area contributed by atoms with Gasteiger partial charge >= 0.3 is 0 Å². The summed E-state index contributed by atoms with van der Waals surface area (Å²) in [4.78, 5) is 12.5. The van der Waals surface area contributed by atoms with Crippen LogP contribution in [-0.4, -0.2) is 11.9 Å². The molecule has 1 amide bonds. The Morgan fingerprint density at radius 2 is 1.91 bits per heavy atom. The Bertz CT molecular complexity index is 590. The largest absolute Gasteiger partial charge is 0.349 e. The zero-order chi connectivity index (χ0) is 17.0. The average molecular weight is 316 g/mol. The van der Waals surface area contributed by atoms with Crippen molar-refractivity contribution in [1.29, 1.82) is 5.26 Å². The number of nitrogens with one attached hydrogen (secondary N) is 1. The first-order chi connectivity index (χ1) is 10.9. The first kappa shape index (κ1) is 17.5. The molecule has 1 aliphatic carbocycles. The number of hydrogen-bond acceptors (Lipinski definition) is 2. The molecular weight excluding hydrogens is 291 g/mol. The van der Waals surface area contributed by atoms with Gasteiger partial charge in [-0.1, -0.05) is 56.5 Å². The SMILES string of the molecule is Cc1ccc([C@](F)(C#N)C(=O)N[C@@H]2CCCC[C@H]2C(C)C)cc1. The van der Waals surface area contributed by atoms with Crippen LogP contribution in [0.1, 0.15) is 50.7 Å². The topological polar surface area (TPSA) is 52.9 Å². The number of nitriles is 1. The first-order valence-corrected chi connectivity index (χ1v) is 8.36. The Hall–Kier alpha value is -1.89. The average Bonchev–Trinajstić information content (AvgIpc) is 2.55. The Morgan fingerprint density at radius 3 is 2.48 bits per heavy atom. The van der Waals surface area contributed by atoms with Crippen LogP contribution in [-0.2, 0) is 10.5 Å². The van der Waals surface area contributed by atoms with Gasteiger partial charge in [0.15, 0.2) is 0 Å². The fraction of sp³-hybridized carbons (Fsp3) is 0.579. The fourth-order valence-electron chi connectivity index (χ4n) is 3.43. The maximum atomic E-state index is 15.1. The third kappa shape index (κ3) is 3.72. The van der Waals surface area contributed by atoms with Crippen molar-refractivity contribution in [3.63, 3.8) is 0 Å². The van der Waals surface area contributed by atoms with E-state index < -0.39 is 11.6 Å². The van der Waals surface area contributed by atoms with Gasteiger partial charge in [0.1, 0.15) is 6.07 Å². The van der Waals surface area contributed by atoms with Gasteiger partial charge in [0.2, 0.25) is 0 Å². The molecule has 1 aliphatic rings. The number of rotatable bonds is 4. The van der Waals surface area contributed by atoms with Crippen molar-refractivity contribution in [1.82, 2.24) is 5.32 Å². The van der Waals surface area contributed by atoms with E-state index >= 15 is 4.39 Å². The van der Waals surface area contributed by atoms with Crippen molar-refractivity contribution in [2.75, 3.05) is 0 Å². The highest BCUT2D eigenvalue weighted by molar-refractivity contribution is 5.89. The highest BCUT2D eigenvalue weighted by atomic mass is 19.1. The molecule has 0 heterocycles. The van der Waals surface area contributed by atoms with E-state index in [0.717, 1.165) is 31.2 Å². The standard InChI is InChI=1S/C19H25FN2O/c1-13(2)16-6-4-5-7-17(16)22-18(23)19(20,12-21)15-10-8-14(3)9-11-15/h8-11,13,16-17H,4-7H2,1-3H3,(H,22,23)/t16-,17+,19+/m0/s1. The van der Waals surface area contributed by atoms with Gasteiger partial charge in [-0.15, -0.1) is 0 Å². The van der Waals surface area contributed by atoms with Crippen molar-refractivity contribution in [2.45, 2.75) is 58.2 Å². The van der Waals surface area contributed by atoms with Crippen molar-refractivity contribution >= 4 is 5.91 Å². The molecule has 2 rings (SSSR count). The summed E-state index contributed by atoms with van der Waals surface area (Å²) in [5.74, 6) is -0.0638. The second-order valence-corrected chi connectivity index (χ2v) is 6.91. The molecule has 1 saturated carbocycles. The summed E-state index contributed by atoms with van der Waals surface area (Å²) in [7, 11) is 0. The summed E-state index contributed by atoms with van der Waals surface area (Å²) in [6.45, 7) is 6.13. The monoisotopic (exact) mass is 316 g/mol. The molecule has 0 aliphatic heterocycles. The van der Waals surface area contributed by atoms with Crippen LogP contribution in [0.25, 0.3) is 0 Å². The van der Waals surface area contributed by atoms with Crippen LogP contribution in [0.4, 0.5) is 4.39 Å². The lowest BCUT2D eigenvalue weighted by Gasteiger charge is -2.35. The van der Waals surface area contributed by atoms with Crippen LogP contribution < -0.4 is 5.32 Å². The van der Waals surface area contributed by atoms with E-state index in [9.17, 15) is 10.1 Å². The van der Waals surface area contributed by atoms with Crippen LogP contribution in [0.3, 0.4) is 0 Å². The van der Waals surface area contributed by atoms with Gasteiger partial charge < -0.3 is 5.32 Å². The van der Waals surface area contributed by atoms with Crippen molar-refractivity contribution in [2.24, 2.45) is 11.8 Å². The molecule has 3 atom stereocenters. The summed E-state index contributed by atoms with van der Waals surface area (Å²) >= 11 is 0. The first-order valence-electron chi connectivity index (χ1n) is 8.36. The van der Waals surface area contributed by atoms with E-state index in [4.69, 9.17) is 0 Å². The van der Waals surface area contributed by atoms with Gasteiger partial charge in [0, 0.05) is 11.6 Å². The highest BCUT2D eigenvalue weighted by Crippen LogP contribution is 2.32. The number of carbonyl (C=O) groups is 1. The number of alkyl halides is 1. The number of halogens is 1. The Labute approximate surface area is 137 Å². The lowest BCUT2D eigenvalue weighted by atomic mass is 9.77. The normalized spacial score (nSPS) is 23.8. The second-order valence-electron chi connectivity index (χ2n) is 6.91. The highest BCUT2D eigenvalue weighted by Gasteiger charge is 2.43. The van der Waals surface area contributed by atoms with Crippen molar-refractivity contribution < 1.29 is 9.18 Å². The summed E-state index contributed by atoms with van der Waals surface area (Å²) in [6.07, 6.45) is 4.07. The number of aryl methyl sites for hydroxylation is 1. The minimum Gasteiger partial charge on any atom is -0.349 e. The smallest absolute Gasteiger partial charge is 0.298 e. The molecule has 1 aromatic carbocycles. The Kier molecular flexibility index (Phi) is 5.41. The minimum absolute atomic E-state index is 0.0508. The number of amides is 1. The van der Waals surface area contributed by atoms with Gasteiger partial charge in [-0.3, -0.25) is 4.79 Å². The molecule has 1 N–H and O–H groups in total. The van der Waals surface area contributed by atoms with E-state index in [1.54, 1.807) is 18.2 Å². The molecule has 1 fully saturated rings. The van der Waals surface area contributed by atoms with Crippen LogP contribution in [0, 0.1) is 30.1 Å². The molecule has 1 aromatic rings. The summed E-state index contributed by atoms with van der Waals surface area (Å²) in [5.41, 5.74) is -1.58.